The molecule has 12 heavy (non-hydrogen) atoms. The van der Waals surface area contributed by atoms with E-state index in [9.17, 15) is 9.90 Å². The van der Waals surface area contributed by atoms with Gasteiger partial charge in [-0.05, 0) is 0 Å². The normalized spacial score (nSPS) is 19.0. The fraction of sp³-hybridized carbons (Fsp3) is 0.857. The van der Waals surface area contributed by atoms with Crippen molar-refractivity contribution in [1.82, 2.24) is 10.2 Å². The lowest BCUT2D eigenvalue weighted by atomic mass is 10.4. The molecule has 1 amide bonds. The molecule has 1 saturated heterocycles. The minimum Gasteiger partial charge on any atom is -0.379 e. The molecule has 5 heteroatoms. The Morgan fingerprint density at radius 3 is 2.67 bits per heavy atom. The number of rotatable bonds is 3. The molecule has 69 valence electrons. The van der Waals surface area contributed by atoms with Crippen LogP contribution in [0.25, 0.3) is 0 Å². The first-order valence-electron chi connectivity index (χ1n) is 4.04. The number of amides is 1. The number of nitrogens with zero attached hydrogens (tertiary/aromatic N) is 1. The van der Waals surface area contributed by atoms with Crippen molar-refractivity contribution in [2.24, 2.45) is 0 Å². The van der Waals surface area contributed by atoms with Gasteiger partial charge in [-0.2, -0.15) is 0 Å². The predicted octanol–water partition coefficient (Wildman–Crippen LogP) is -0.541. The molecule has 0 atom stereocenters. The van der Waals surface area contributed by atoms with Crippen LogP contribution in [0.3, 0.4) is 0 Å². The number of morpholine rings is 1. The highest BCUT2D eigenvalue weighted by Gasteiger charge is 2.09. The van der Waals surface area contributed by atoms with Gasteiger partial charge in [0.25, 0.3) is 0 Å². The van der Waals surface area contributed by atoms with E-state index in [1.54, 1.807) is 0 Å². The Hall–Kier alpha value is -0.810. The summed E-state index contributed by atoms with van der Waals surface area (Å²) in [6.07, 6.45) is -1.21. The van der Waals surface area contributed by atoms with Crippen LogP contribution >= 0.6 is 0 Å². The van der Waals surface area contributed by atoms with E-state index in [0.29, 0.717) is 6.54 Å². The van der Waals surface area contributed by atoms with Crippen LogP contribution in [0.1, 0.15) is 0 Å². The van der Waals surface area contributed by atoms with Crippen molar-refractivity contribution >= 4 is 6.09 Å². The Bertz CT molecular complexity index is 146. The third kappa shape index (κ3) is 3.54. The lowest BCUT2D eigenvalue weighted by Crippen LogP contribution is -2.40. The molecule has 1 fully saturated rings. The Morgan fingerprint density at radius 1 is 1.42 bits per heavy atom. The second kappa shape index (κ2) is 4.95. The van der Waals surface area contributed by atoms with Crippen LogP contribution in [0.15, 0.2) is 0 Å². The molecule has 0 bridgehead atoms. The molecule has 1 aliphatic heterocycles. The smallest absolute Gasteiger partial charge is 0.379 e. The van der Waals surface area contributed by atoms with Gasteiger partial charge in [0.1, 0.15) is 0 Å². The highest BCUT2D eigenvalue weighted by Crippen LogP contribution is 1.94. The molecule has 1 radical (unpaired) electrons. The molecule has 1 aliphatic rings. The van der Waals surface area contributed by atoms with Gasteiger partial charge < -0.3 is 10.1 Å². The molecule has 0 aliphatic carbocycles. The number of hydrogen-bond acceptors (Lipinski definition) is 3. The zero-order valence-corrected chi connectivity index (χ0v) is 6.91. The number of carbonyl (C=O) groups excluding carboxylic acids is 1. The second-order valence-electron chi connectivity index (χ2n) is 2.67. The first-order chi connectivity index (χ1) is 5.79. The van der Waals surface area contributed by atoms with Gasteiger partial charge in [0.05, 0.1) is 13.2 Å². The van der Waals surface area contributed by atoms with Gasteiger partial charge in [-0.15, -0.1) is 0 Å². The van der Waals surface area contributed by atoms with Gasteiger partial charge in [-0.3, -0.25) is 4.90 Å². The Balaban J connectivity index is 2.01. The largest absolute Gasteiger partial charge is 0.450 e. The number of nitrogens with one attached hydrogen (secondary N) is 1. The lowest BCUT2D eigenvalue weighted by molar-refractivity contribution is 0.0384. The van der Waals surface area contributed by atoms with Crippen molar-refractivity contribution < 1.29 is 14.6 Å². The van der Waals surface area contributed by atoms with E-state index in [-0.39, 0.29) is 0 Å². The van der Waals surface area contributed by atoms with Gasteiger partial charge in [0, 0.05) is 26.2 Å². The summed E-state index contributed by atoms with van der Waals surface area (Å²) < 4.78 is 5.14. The second-order valence-corrected chi connectivity index (χ2v) is 2.67. The summed E-state index contributed by atoms with van der Waals surface area (Å²) in [4.78, 5) is 12.1. The molecular weight excluding hydrogens is 160 g/mol. The number of hydrogen-bond donors (Lipinski definition) is 1. The SMILES string of the molecule is [O]C(=O)NCCN1CCOCC1. The highest BCUT2D eigenvalue weighted by atomic mass is 16.5. The third-order valence-corrected chi connectivity index (χ3v) is 1.80. The Kier molecular flexibility index (Phi) is 3.83. The Morgan fingerprint density at radius 2 is 2.08 bits per heavy atom. The summed E-state index contributed by atoms with van der Waals surface area (Å²) in [6.45, 7) is 4.42. The van der Waals surface area contributed by atoms with Gasteiger partial charge >= 0.3 is 6.09 Å². The number of carbonyl (C=O) groups is 1. The van der Waals surface area contributed by atoms with Crippen LogP contribution in [0.4, 0.5) is 4.79 Å². The Labute approximate surface area is 71.3 Å². The summed E-state index contributed by atoms with van der Waals surface area (Å²) in [5.41, 5.74) is 0. The van der Waals surface area contributed by atoms with E-state index in [1.165, 1.54) is 0 Å². The minimum absolute atomic E-state index is 0.433. The summed E-state index contributed by atoms with van der Waals surface area (Å²) in [5.74, 6) is 0. The fourth-order valence-electron chi connectivity index (χ4n) is 1.14. The van der Waals surface area contributed by atoms with Crippen LogP contribution in [-0.4, -0.2) is 50.4 Å². The van der Waals surface area contributed by atoms with Crippen molar-refractivity contribution in [2.75, 3.05) is 39.4 Å². The first kappa shape index (κ1) is 9.28. The van der Waals surface area contributed by atoms with Crippen molar-refractivity contribution in [2.45, 2.75) is 0 Å². The van der Waals surface area contributed by atoms with Crippen molar-refractivity contribution in [3.8, 4) is 0 Å². The predicted molar refractivity (Wildman–Crippen MR) is 41.3 cm³/mol. The van der Waals surface area contributed by atoms with E-state index in [2.05, 4.69) is 10.2 Å². The molecule has 0 saturated carbocycles. The molecular formula is C7H13N2O3. The monoisotopic (exact) mass is 173 g/mol. The summed E-state index contributed by atoms with van der Waals surface area (Å²) in [7, 11) is 0. The average Bonchev–Trinajstić information content (AvgIpc) is 2.05. The molecule has 0 aromatic heterocycles. The quantitative estimate of drug-likeness (QED) is 0.623. The van der Waals surface area contributed by atoms with E-state index in [0.717, 1.165) is 32.8 Å². The van der Waals surface area contributed by atoms with E-state index >= 15 is 0 Å². The van der Waals surface area contributed by atoms with Gasteiger partial charge in [-0.25, -0.2) is 9.90 Å². The fourth-order valence-corrected chi connectivity index (χ4v) is 1.14. The van der Waals surface area contributed by atoms with Crippen molar-refractivity contribution in [1.29, 1.82) is 0 Å². The summed E-state index contributed by atoms with van der Waals surface area (Å²) in [6, 6.07) is 0. The van der Waals surface area contributed by atoms with Gasteiger partial charge in [0.2, 0.25) is 0 Å². The van der Waals surface area contributed by atoms with E-state index in [1.807, 2.05) is 0 Å². The lowest BCUT2D eigenvalue weighted by Gasteiger charge is -2.26. The molecule has 0 spiro atoms. The topological polar surface area (TPSA) is 61.5 Å². The highest BCUT2D eigenvalue weighted by molar-refractivity contribution is 5.63. The van der Waals surface area contributed by atoms with Crippen LogP contribution < -0.4 is 5.32 Å². The van der Waals surface area contributed by atoms with E-state index < -0.39 is 6.09 Å². The maximum atomic E-state index is 9.98. The zero-order chi connectivity index (χ0) is 8.81. The maximum absolute atomic E-state index is 9.98. The minimum atomic E-state index is -1.21. The molecule has 0 aromatic carbocycles. The molecule has 1 heterocycles. The van der Waals surface area contributed by atoms with Crippen molar-refractivity contribution in [3.63, 3.8) is 0 Å². The summed E-state index contributed by atoms with van der Waals surface area (Å²) >= 11 is 0. The van der Waals surface area contributed by atoms with Gasteiger partial charge in [-0.1, -0.05) is 0 Å². The molecule has 1 rings (SSSR count). The van der Waals surface area contributed by atoms with E-state index in [4.69, 9.17) is 4.74 Å². The summed E-state index contributed by atoms with van der Waals surface area (Å²) in [5, 5.41) is 12.2. The van der Waals surface area contributed by atoms with Crippen molar-refractivity contribution in [3.05, 3.63) is 0 Å². The van der Waals surface area contributed by atoms with Gasteiger partial charge in [0.15, 0.2) is 0 Å². The molecule has 0 unspecified atom stereocenters. The number of ether oxygens (including phenoxy) is 1. The third-order valence-electron chi connectivity index (χ3n) is 1.80. The standard InChI is InChI=1S/C7H13N2O3/c10-7(11)8-1-2-9-3-5-12-6-4-9/h8H,1-6H2. The zero-order valence-electron chi connectivity index (χ0n) is 6.91. The maximum Gasteiger partial charge on any atom is 0.450 e. The first-order valence-corrected chi connectivity index (χ1v) is 4.04. The van der Waals surface area contributed by atoms with Crippen LogP contribution in [0.5, 0.6) is 0 Å². The molecule has 5 nitrogen and oxygen atoms in total. The average molecular weight is 173 g/mol. The van der Waals surface area contributed by atoms with Crippen LogP contribution in [0.2, 0.25) is 0 Å². The van der Waals surface area contributed by atoms with Crippen LogP contribution in [0, 0.1) is 0 Å². The van der Waals surface area contributed by atoms with Crippen LogP contribution in [-0.2, 0) is 9.84 Å². The molecule has 0 aromatic rings. The molecule has 1 N–H and O–H groups in total.